The zero-order valence-electron chi connectivity index (χ0n) is 10.4. The largest absolute Gasteiger partial charge is 0.480 e. The Kier molecular flexibility index (Phi) is 5.92. The summed E-state index contributed by atoms with van der Waals surface area (Å²) in [6, 6.07) is 9.46. The van der Waals surface area contributed by atoms with Gasteiger partial charge in [0.05, 0.1) is 25.7 Å². The van der Waals surface area contributed by atoms with Crippen LogP contribution < -0.4 is 0 Å². The third-order valence-corrected chi connectivity index (χ3v) is 2.58. The fourth-order valence-corrected chi connectivity index (χ4v) is 1.81. The number of hydrogen-bond donors (Lipinski definition) is 1. The van der Waals surface area contributed by atoms with Gasteiger partial charge in [-0.2, -0.15) is 0 Å². The number of carbonyl (C=O) groups is 1. The molecule has 18 heavy (non-hydrogen) atoms. The smallest absolute Gasteiger partial charge is 0.317 e. The molecule has 0 amide bonds. The van der Waals surface area contributed by atoms with Crippen LogP contribution in [0.5, 0.6) is 0 Å². The first kappa shape index (κ1) is 14.2. The molecule has 0 spiro atoms. The van der Waals surface area contributed by atoms with E-state index in [2.05, 4.69) is 5.92 Å². The van der Waals surface area contributed by atoms with Gasteiger partial charge in [-0.3, -0.25) is 9.69 Å². The van der Waals surface area contributed by atoms with Crippen molar-refractivity contribution in [3.8, 4) is 12.3 Å². The van der Waals surface area contributed by atoms with E-state index in [0.717, 1.165) is 5.56 Å². The molecule has 4 heteroatoms. The van der Waals surface area contributed by atoms with Crippen LogP contribution in [0.25, 0.3) is 0 Å². The first-order chi connectivity index (χ1) is 8.69. The average molecular weight is 247 g/mol. The maximum atomic E-state index is 10.9. The lowest BCUT2D eigenvalue weighted by Crippen LogP contribution is -2.36. The maximum absolute atomic E-state index is 10.9. The molecule has 1 unspecified atom stereocenters. The van der Waals surface area contributed by atoms with Crippen LogP contribution in [-0.2, 0) is 9.53 Å². The lowest BCUT2D eigenvalue weighted by Gasteiger charge is -2.28. The van der Waals surface area contributed by atoms with Crippen LogP contribution in [0, 0.1) is 12.3 Å². The Morgan fingerprint density at radius 1 is 1.50 bits per heavy atom. The normalized spacial score (nSPS) is 12.1. The van der Waals surface area contributed by atoms with Crippen molar-refractivity contribution >= 4 is 5.97 Å². The van der Waals surface area contributed by atoms with E-state index in [4.69, 9.17) is 16.3 Å². The van der Waals surface area contributed by atoms with Gasteiger partial charge in [0.2, 0.25) is 0 Å². The molecule has 0 radical (unpaired) electrons. The maximum Gasteiger partial charge on any atom is 0.317 e. The van der Waals surface area contributed by atoms with Gasteiger partial charge in [-0.25, -0.2) is 0 Å². The highest BCUT2D eigenvalue weighted by atomic mass is 16.5. The summed E-state index contributed by atoms with van der Waals surface area (Å²) in [5, 5.41) is 8.92. The van der Waals surface area contributed by atoms with Crippen LogP contribution in [0.1, 0.15) is 11.6 Å². The van der Waals surface area contributed by atoms with Crippen molar-refractivity contribution in [3.05, 3.63) is 35.9 Å². The van der Waals surface area contributed by atoms with E-state index in [0.29, 0.717) is 6.61 Å². The predicted molar refractivity (Wildman–Crippen MR) is 69.1 cm³/mol. The predicted octanol–water partition coefficient (Wildman–Crippen LogP) is 1.39. The van der Waals surface area contributed by atoms with Crippen LogP contribution in [0.4, 0.5) is 0 Å². The van der Waals surface area contributed by atoms with Gasteiger partial charge in [-0.1, -0.05) is 36.3 Å². The number of rotatable bonds is 7. The molecule has 0 aromatic heterocycles. The Bertz CT molecular complexity index is 411. The van der Waals surface area contributed by atoms with Gasteiger partial charge in [0.25, 0.3) is 0 Å². The minimum absolute atomic E-state index is 0.104. The standard InChI is InChI=1S/C14H17NO3/c1-3-9-15(10-14(16)17)13(11-18-2)12-7-5-4-6-8-12/h1,4-8,13H,9-11H2,2H3,(H,16,17). The van der Waals surface area contributed by atoms with Gasteiger partial charge in [-0.05, 0) is 5.56 Å². The van der Waals surface area contributed by atoms with Crippen LogP contribution in [0.3, 0.4) is 0 Å². The summed E-state index contributed by atoms with van der Waals surface area (Å²) in [6.45, 7) is 0.571. The summed E-state index contributed by atoms with van der Waals surface area (Å²) in [6.07, 6.45) is 5.29. The molecule has 0 bridgehead atoms. The second-order valence-electron chi connectivity index (χ2n) is 3.88. The second-order valence-corrected chi connectivity index (χ2v) is 3.88. The summed E-state index contributed by atoms with van der Waals surface area (Å²) >= 11 is 0. The van der Waals surface area contributed by atoms with Crippen molar-refractivity contribution in [2.45, 2.75) is 6.04 Å². The summed E-state index contributed by atoms with van der Waals surface area (Å²) in [5.74, 6) is 1.59. The van der Waals surface area contributed by atoms with Crippen molar-refractivity contribution < 1.29 is 14.6 Å². The first-order valence-corrected chi connectivity index (χ1v) is 5.62. The molecule has 0 heterocycles. The minimum atomic E-state index is -0.901. The van der Waals surface area contributed by atoms with Crippen molar-refractivity contribution in [2.75, 3.05) is 26.8 Å². The molecule has 1 rings (SSSR count). The van der Waals surface area contributed by atoms with Gasteiger partial charge in [-0.15, -0.1) is 6.42 Å². The number of ether oxygens (including phenoxy) is 1. The molecule has 1 N–H and O–H groups in total. The molecular formula is C14H17NO3. The van der Waals surface area contributed by atoms with Gasteiger partial charge in [0.1, 0.15) is 0 Å². The van der Waals surface area contributed by atoms with Gasteiger partial charge in [0.15, 0.2) is 0 Å². The first-order valence-electron chi connectivity index (χ1n) is 5.62. The molecule has 0 fully saturated rings. The molecule has 0 aliphatic heterocycles. The number of nitrogens with zero attached hydrogens (tertiary/aromatic N) is 1. The Hall–Kier alpha value is -1.83. The molecule has 1 aromatic rings. The average Bonchev–Trinajstić information content (AvgIpc) is 2.36. The van der Waals surface area contributed by atoms with E-state index in [1.807, 2.05) is 30.3 Å². The molecule has 0 aliphatic carbocycles. The third kappa shape index (κ3) is 4.21. The third-order valence-electron chi connectivity index (χ3n) is 2.58. The number of methoxy groups -OCH3 is 1. The highest BCUT2D eigenvalue weighted by Gasteiger charge is 2.21. The molecule has 0 saturated heterocycles. The number of carboxylic acid groups (broad SMARTS) is 1. The van der Waals surface area contributed by atoms with Crippen molar-refractivity contribution in [3.63, 3.8) is 0 Å². The van der Waals surface area contributed by atoms with Gasteiger partial charge >= 0.3 is 5.97 Å². The number of benzene rings is 1. The lowest BCUT2D eigenvalue weighted by atomic mass is 10.1. The molecular weight excluding hydrogens is 230 g/mol. The Morgan fingerprint density at radius 3 is 2.67 bits per heavy atom. The molecule has 1 aromatic carbocycles. The van der Waals surface area contributed by atoms with Crippen LogP contribution in [0.15, 0.2) is 30.3 Å². The number of carboxylic acids is 1. The van der Waals surface area contributed by atoms with E-state index in [1.165, 1.54) is 0 Å². The van der Waals surface area contributed by atoms with E-state index < -0.39 is 5.97 Å². The fourth-order valence-electron chi connectivity index (χ4n) is 1.81. The number of aliphatic carboxylic acids is 1. The number of terminal acetylenes is 1. The summed E-state index contributed by atoms with van der Waals surface area (Å²) in [4.78, 5) is 12.6. The zero-order chi connectivity index (χ0) is 13.4. The number of hydrogen-bond acceptors (Lipinski definition) is 3. The van der Waals surface area contributed by atoms with E-state index >= 15 is 0 Å². The molecule has 0 saturated carbocycles. The molecule has 1 atom stereocenters. The second kappa shape index (κ2) is 7.49. The molecule has 0 aliphatic rings. The fraction of sp³-hybridized carbons (Fsp3) is 0.357. The highest BCUT2D eigenvalue weighted by molar-refractivity contribution is 5.69. The Balaban J connectivity index is 2.93. The van der Waals surface area contributed by atoms with E-state index in [-0.39, 0.29) is 19.1 Å². The Labute approximate surface area is 107 Å². The summed E-state index contributed by atoms with van der Waals surface area (Å²) in [5.41, 5.74) is 0.996. The summed E-state index contributed by atoms with van der Waals surface area (Å²) in [7, 11) is 1.59. The SMILES string of the molecule is C#CCN(CC(=O)O)C(COC)c1ccccc1. The van der Waals surface area contributed by atoms with Crippen LogP contribution in [-0.4, -0.2) is 42.8 Å². The quantitative estimate of drug-likeness (QED) is 0.740. The van der Waals surface area contributed by atoms with E-state index in [1.54, 1.807) is 12.0 Å². The van der Waals surface area contributed by atoms with Crippen LogP contribution >= 0.6 is 0 Å². The minimum Gasteiger partial charge on any atom is -0.480 e. The van der Waals surface area contributed by atoms with Crippen molar-refractivity contribution in [1.82, 2.24) is 4.90 Å². The zero-order valence-corrected chi connectivity index (χ0v) is 10.4. The lowest BCUT2D eigenvalue weighted by molar-refractivity contribution is -0.139. The monoisotopic (exact) mass is 247 g/mol. The molecule has 4 nitrogen and oxygen atoms in total. The Morgan fingerprint density at radius 2 is 2.17 bits per heavy atom. The van der Waals surface area contributed by atoms with Crippen LogP contribution in [0.2, 0.25) is 0 Å². The topological polar surface area (TPSA) is 49.8 Å². The summed E-state index contributed by atoms with van der Waals surface area (Å²) < 4.78 is 5.16. The highest BCUT2D eigenvalue weighted by Crippen LogP contribution is 2.20. The molecule has 96 valence electrons. The van der Waals surface area contributed by atoms with Crippen molar-refractivity contribution in [2.24, 2.45) is 0 Å². The van der Waals surface area contributed by atoms with Crippen molar-refractivity contribution in [1.29, 1.82) is 0 Å². The van der Waals surface area contributed by atoms with Gasteiger partial charge in [0, 0.05) is 7.11 Å². The van der Waals surface area contributed by atoms with E-state index in [9.17, 15) is 4.79 Å². The van der Waals surface area contributed by atoms with Gasteiger partial charge < -0.3 is 9.84 Å².